The summed E-state index contributed by atoms with van der Waals surface area (Å²) < 4.78 is 29.5. The van der Waals surface area contributed by atoms with Gasteiger partial charge in [0.1, 0.15) is 18.7 Å². The maximum Gasteiger partial charge on any atom is 0.238 e. The van der Waals surface area contributed by atoms with E-state index in [4.69, 9.17) is 4.74 Å². The van der Waals surface area contributed by atoms with Gasteiger partial charge in [-0.05, 0) is 13.3 Å². The Hall–Kier alpha value is -0.990. The van der Waals surface area contributed by atoms with Crippen LogP contribution in [-0.4, -0.2) is 51.2 Å². The highest BCUT2D eigenvalue weighted by molar-refractivity contribution is 7.88. The zero-order valence-electron chi connectivity index (χ0n) is 10.6. The molecule has 1 saturated heterocycles. The number of ketones is 1. The van der Waals surface area contributed by atoms with Crippen molar-refractivity contribution in [1.29, 1.82) is 0 Å². The Morgan fingerprint density at radius 1 is 1.56 bits per heavy atom. The van der Waals surface area contributed by atoms with Crippen molar-refractivity contribution in [3.63, 3.8) is 0 Å². The van der Waals surface area contributed by atoms with Crippen molar-refractivity contribution >= 4 is 21.7 Å². The molecule has 104 valence electrons. The summed E-state index contributed by atoms with van der Waals surface area (Å²) in [6.07, 6.45) is 0.891. The van der Waals surface area contributed by atoms with E-state index < -0.39 is 34.1 Å². The van der Waals surface area contributed by atoms with E-state index in [1.165, 1.54) is 0 Å². The molecule has 0 aromatic heterocycles. The number of ether oxygens (including phenoxy) is 1. The van der Waals surface area contributed by atoms with E-state index in [0.29, 0.717) is 6.42 Å². The highest BCUT2D eigenvalue weighted by Crippen LogP contribution is 2.10. The third kappa shape index (κ3) is 4.04. The molecule has 0 bridgehead atoms. The molecule has 0 aliphatic carbocycles. The Morgan fingerprint density at radius 3 is 2.56 bits per heavy atom. The van der Waals surface area contributed by atoms with E-state index in [-0.39, 0.29) is 12.4 Å². The first-order valence-electron chi connectivity index (χ1n) is 5.66. The standard InChI is InChI=1S/C10H18N2O5S/c1-4-7(12-18(3,15)16)10(14)11-9-6(2)17-5-8(9)13/h6-7,9,12H,4-5H2,1-3H3,(H,11,14)/t6?,7-,9?/m0/s1. The molecule has 0 aromatic rings. The summed E-state index contributed by atoms with van der Waals surface area (Å²) in [5.74, 6) is -0.719. The molecule has 1 aliphatic rings. The fraction of sp³-hybridized carbons (Fsp3) is 0.800. The molecule has 3 atom stereocenters. The largest absolute Gasteiger partial charge is 0.368 e. The van der Waals surface area contributed by atoms with Crippen molar-refractivity contribution in [2.75, 3.05) is 12.9 Å². The number of carbonyl (C=O) groups excluding carboxylic acids is 2. The summed E-state index contributed by atoms with van der Waals surface area (Å²) in [5, 5.41) is 2.51. The summed E-state index contributed by atoms with van der Waals surface area (Å²) in [6.45, 7) is 3.34. The van der Waals surface area contributed by atoms with Crippen molar-refractivity contribution in [2.24, 2.45) is 0 Å². The van der Waals surface area contributed by atoms with Crippen LogP contribution in [0.4, 0.5) is 0 Å². The van der Waals surface area contributed by atoms with E-state index >= 15 is 0 Å². The van der Waals surface area contributed by atoms with Crippen LogP contribution in [0.3, 0.4) is 0 Å². The van der Waals surface area contributed by atoms with E-state index in [2.05, 4.69) is 10.0 Å². The molecule has 2 N–H and O–H groups in total. The third-order valence-corrected chi connectivity index (χ3v) is 3.40. The molecule has 1 aliphatic heterocycles. The second kappa shape index (κ2) is 5.77. The molecule has 2 unspecified atom stereocenters. The third-order valence-electron chi connectivity index (χ3n) is 2.68. The van der Waals surface area contributed by atoms with E-state index in [0.717, 1.165) is 6.26 Å². The molecule has 8 heteroatoms. The number of nitrogens with one attached hydrogen (secondary N) is 2. The lowest BCUT2D eigenvalue weighted by Crippen LogP contribution is -2.52. The van der Waals surface area contributed by atoms with Gasteiger partial charge in [0, 0.05) is 0 Å². The molecule has 1 amide bonds. The van der Waals surface area contributed by atoms with Crippen LogP contribution >= 0.6 is 0 Å². The van der Waals surface area contributed by atoms with Crippen LogP contribution in [0.25, 0.3) is 0 Å². The molecule has 1 heterocycles. The van der Waals surface area contributed by atoms with Crippen molar-refractivity contribution in [3.8, 4) is 0 Å². The number of hydrogen-bond donors (Lipinski definition) is 2. The maximum absolute atomic E-state index is 11.9. The molecule has 1 rings (SSSR count). The van der Waals surface area contributed by atoms with Crippen LogP contribution in [0.5, 0.6) is 0 Å². The fourth-order valence-electron chi connectivity index (χ4n) is 1.69. The average molecular weight is 278 g/mol. The van der Waals surface area contributed by atoms with Gasteiger partial charge in [-0.2, -0.15) is 0 Å². The minimum Gasteiger partial charge on any atom is -0.368 e. The molecule has 0 spiro atoms. The van der Waals surface area contributed by atoms with Gasteiger partial charge in [0.2, 0.25) is 15.9 Å². The van der Waals surface area contributed by atoms with Gasteiger partial charge in [-0.3, -0.25) is 9.59 Å². The lowest BCUT2D eigenvalue weighted by molar-refractivity contribution is -0.127. The Kier molecular flexibility index (Phi) is 4.83. The first kappa shape index (κ1) is 15.1. The van der Waals surface area contributed by atoms with Gasteiger partial charge in [0.15, 0.2) is 5.78 Å². The van der Waals surface area contributed by atoms with E-state index in [1.807, 2.05) is 0 Å². The van der Waals surface area contributed by atoms with Gasteiger partial charge < -0.3 is 10.1 Å². The predicted octanol–water partition coefficient (Wildman–Crippen LogP) is -1.21. The van der Waals surface area contributed by atoms with Crippen molar-refractivity contribution in [2.45, 2.75) is 38.5 Å². The van der Waals surface area contributed by atoms with Crippen LogP contribution < -0.4 is 10.0 Å². The van der Waals surface area contributed by atoms with Crippen LogP contribution in [-0.2, 0) is 24.3 Å². The molecule has 7 nitrogen and oxygen atoms in total. The molecular weight excluding hydrogens is 260 g/mol. The van der Waals surface area contributed by atoms with Gasteiger partial charge in [0.25, 0.3) is 0 Å². The van der Waals surface area contributed by atoms with E-state index in [9.17, 15) is 18.0 Å². The maximum atomic E-state index is 11.9. The van der Waals surface area contributed by atoms with Gasteiger partial charge in [-0.25, -0.2) is 13.1 Å². The normalized spacial score (nSPS) is 26.1. The highest BCUT2D eigenvalue weighted by Gasteiger charge is 2.35. The number of hydrogen-bond acceptors (Lipinski definition) is 5. The Labute approximate surface area is 106 Å². The fourth-order valence-corrected chi connectivity index (χ4v) is 2.48. The smallest absolute Gasteiger partial charge is 0.238 e. The number of amides is 1. The van der Waals surface area contributed by atoms with Gasteiger partial charge in [-0.15, -0.1) is 0 Å². The van der Waals surface area contributed by atoms with Crippen molar-refractivity contribution in [3.05, 3.63) is 0 Å². The number of sulfonamides is 1. The lowest BCUT2D eigenvalue weighted by atomic mass is 10.1. The second-order valence-electron chi connectivity index (χ2n) is 4.32. The number of carbonyl (C=O) groups is 2. The van der Waals surface area contributed by atoms with Crippen LogP contribution in [0, 0.1) is 0 Å². The lowest BCUT2D eigenvalue weighted by Gasteiger charge is -2.19. The van der Waals surface area contributed by atoms with E-state index in [1.54, 1.807) is 13.8 Å². The Bertz CT molecular complexity index is 434. The first-order valence-corrected chi connectivity index (χ1v) is 7.55. The van der Waals surface area contributed by atoms with Crippen molar-refractivity contribution < 1.29 is 22.7 Å². The Balaban J connectivity index is 2.65. The highest BCUT2D eigenvalue weighted by atomic mass is 32.2. The second-order valence-corrected chi connectivity index (χ2v) is 6.10. The van der Waals surface area contributed by atoms with Crippen LogP contribution in [0.15, 0.2) is 0 Å². The molecule has 0 radical (unpaired) electrons. The molecule has 18 heavy (non-hydrogen) atoms. The minimum absolute atomic E-state index is 0.0254. The molecule has 1 fully saturated rings. The average Bonchev–Trinajstić information content (AvgIpc) is 2.56. The summed E-state index contributed by atoms with van der Waals surface area (Å²) >= 11 is 0. The minimum atomic E-state index is -3.47. The molecule has 0 aromatic carbocycles. The summed E-state index contributed by atoms with van der Waals surface area (Å²) in [7, 11) is -3.47. The van der Waals surface area contributed by atoms with Crippen LogP contribution in [0.2, 0.25) is 0 Å². The van der Waals surface area contributed by atoms with Gasteiger partial charge >= 0.3 is 0 Å². The molecule has 0 saturated carbocycles. The van der Waals surface area contributed by atoms with Gasteiger partial charge in [-0.1, -0.05) is 6.92 Å². The first-order chi connectivity index (χ1) is 8.24. The quantitative estimate of drug-likeness (QED) is 0.657. The molecular formula is C10H18N2O5S. The Morgan fingerprint density at radius 2 is 2.17 bits per heavy atom. The summed E-state index contributed by atoms with van der Waals surface area (Å²) in [6, 6.07) is -1.58. The monoisotopic (exact) mass is 278 g/mol. The number of Topliss-reactive ketones (excluding diaryl/α,β-unsaturated/α-hetero) is 1. The zero-order valence-corrected chi connectivity index (χ0v) is 11.4. The van der Waals surface area contributed by atoms with Crippen molar-refractivity contribution in [1.82, 2.24) is 10.0 Å². The SMILES string of the molecule is CC[C@H](NS(C)(=O)=O)C(=O)NC1C(=O)COC1C. The van der Waals surface area contributed by atoms with Crippen LogP contribution in [0.1, 0.15) is 20.3 Å². The van der Waals surface area contributed by atoms with Gasteiger partial charge in [0.05, 0.1) is 12.4 Å². The summed E-state index contributed by atoms with van der Waals surface area (Å²) in [4.78, 5) is 23.3. The number of rotatable bonds is 5. The summed E-state index contributed by atoms with van der Waals surface area (Å²) in [5.41, 5.74) is 0. The predicted molar refractivity (Wildman–Crippen MR) is 64.4 cm³/mol. The topological polar surface area (TPSA) is 102 Å². The zero-order chi connectivity index (χ0) is 13.9.